The van der Waals surface area contributed by atoms with Crippen molar-refractivity contribution < 1.29 is 9.31 Å². The van der Waals surface area contributed by atoms with E-state index < -0.39 is 0 Å². The van der Waals surface area contributed by atoms with Crippen LogP contribution < -0.4 is 16.1 Å². The van der Waals surface area contributed by atoms with Crippen molar-refractivity contribution in [1.82, 2.24) is 40.3 Å². The first-order valence-corrected chi connectivity index (χ1v) is 23.8. The standard InChI is InChI=1S/C21H19N5S.C20H24BN3O2S.C7H7ClN2/c1-13(25-20-18-8-9-27-21(18)23-12-22-20)14-2-6-16(7-3-14)19-10-17(11-24-26-19)15-4-5-15;1-13(24-17-16-10-11-27-18(16)23-12-22-17)14-6-8-15(9-7-14)21-25-19(2,3)20(4,5)26-21;8-7-3-6(4-9-10-7)5-1-2-5/h2-3,6-13,15H,4-5H2,1H3,(H,22,23,25);6-13H,1-5H3,(H,22,23,24);3-5H,1-2H2/t2*13-;/m00./s1. The van der Waals surface area contributed by atoms with E-state index in [0.717, 1.165) is 48.8 Å². The zero-order valence-electron chi connectivity index (χ0n) is 36.7. The molecule has 6 aromatic heterocycles. The summed E-state index contributed by atoms with van der Waals surface area (Å²) in [7, 11) is -0.334. The SMILES string of the molecule is C[C@H](Nc1ncnc2sccc12)c1ccc(-c2cc(C3CC3)cnn2)cc1.C[C@H](Nc1ncnc2sccc12)c1ccc(B2OC(C)(C)C(C)(C)O2)cc1.Clc1cc(C2CC2)cnn1. The second-order valence-corrected chi connectivity index (χ2v) is 19.7. The van der Waals surface area contributed by atoms with E-state index in [4.69, 9.17) is 20.9 Å². The summed E-state index contributed by atoms with van der Waals surface area (Å²) in [4.78, 5) is 19.4. The lowest BCUT2D eigenvalue weighted by Crippen LogP contribution is -2.41. The van der Waals surface area contributed by atoms with Crippen molar-refractivity contribution in [3.63, 3.8) is 0 Å². The molecular weight excluding hydrogens is 859 g/mol. The third-order valence-corrected chi connectivity index (χ3v) is 14.1. The van der Waals surface area contributed by atoms with Gasteiger partial charge in [-0.2, -0.15) is 15.3 Å². The van der Waals surface area contributed by atoms with Crippen LogP contribution in [0.1, 0.15) is 113 Å². The van der Waals surface area contributed by atoms with Crippen LogP contribution in [0, 0.1) is 0 Å². The summed E-state index contributed by atoms with van der Waals surface area (Å²) in [5.41, 5.74) is 7.35. The number of halogens is 1. The highest BCUT2D eigenvalue weighted by Crippen LogP contribution is 2.41. The lowest BCUT2D eigenvalue weighted by atomic mass is 9.78. The number of hydrogen-bond donors (Lipinski definition) is 2. The molecule has 1 aliphatic heterocycles. The topological polar surface area (TPSA) is 146 Å². The summed E-state index contributed by atoms with van der Waals surface area (Å²) in [5.74, 6) is 3.14. The number of anilines is 2. The highest BCUT2D eigenvalue weighted by atomic mass is 35.5. The van der Waals surface area contributed by atoms with Gasteiger partial charge in [0.2, 0.25) is 0 Å². The Bertz CT molecular complexity index is 2840. The first-order chi connectivity index (χ1) is 30.9. The van der Waals surface area contributed by atoms with Crippen LogP contribution >= 0.6 is 34.3 Å². The maximum absolute atomic E-state index is 6.13. The van der Waals surface area contributed by atoms with Crippen molar-refractivity contribution >= 4 is 78.9 Å². The van der Waals surface area contributed by atoms with Crippen molar-refractivity contribution in [2.75, 3.05) is 10.6 Å². The predicted octanol–water partition coefficient (Wildman–Crippen LogP) is 11.4. The Hall–Kier alpha value is -5.45. The van der Waals surface area contributed by atoms with Crippen molar-refractivity contribution in [1.29, 1.82) is 0 Å². The number of fused-ring (bicyclic) bond motifs is 2. The number of rotatable bonds is 10. The van der Waals surface area contributed by atoms with E-state index in [-0.39, 0.29) is 30.4 Å². The molecule has 326 valence electrons. The molecule has 0 spiro atoms. The third-order valence-electron chi connectivity index (χ3n) is 12.3. The van der Waals surface area contributed by atoms with Crippen molar-refractivity contribution in [3.8, 4) is 11.3 Å². The number of benzene rings is 2. The fourth-order valence-corrected chi connectivity index (χ4v) is 9.04. The first-order valence-electron chi connectivity index (χ1n) is 21.7. The average molecular weight is 909 g/mol. The van der Waals surface area contributed by atoms with Crippen LogP contribution in [-0.4, -0.2) is 58.7 Å². The predicted molar refractivity (Wildman–Crippen MR) is 260 cm³/mol. The molecule has 2 N–H and O–H groups in total. The van der Waals surface area contributed by atoms with E-state index in [1.807, 2.05) is 23.0 Å². The minimum atomic E-state index is -0.334. The molecule has 0 bridgehead atoms. The van der Waals surface area contributed by atoms with Crippen molar-refractivity contribution in [2.24, 2.45) is 0 Å². The molecule has 2 atom stereocenters. The van der Waals surface area contributed by atoms with Gasteiger partial charge in [0.1, 0.15) is 34.0 Å². The average Bonchev–Trinajstić information content (AvgIpc) is 4.22. The molecule has 3 fully saturated rings. The summed E-state index contributed by atoms with van der Waals surface area (Å²) in [6.07, 6.45) is 12.0. The lowest BCUT2D eigenvalue weighted by Gasteiger charge is -2.32. The molecule has 12 nitrogen and oxygen atoms in total. The molecule has 16 heteroatoms. The summed E-state index contributed by atoms with van der Waals surface area (Å²) < 4.78 is 12.3. The van der Waals surface area contributed by atoms with E-state index in [9.17, 15) is 0 Å². The van der Waals surface area contributed by atoms with E-state index in [1.165, 1.54) is 47.9 Å². The highest BCUT2D eigenvalue weighted by molar-refractivity contribution is 7.17. The molecule has 2 saturated carbocycles. The van der Waals surface area contributed by atoms with Gasteiger partial charge in [0.05, 0.1) is 40.1 Å². The molecule has 0 unspecified atom stereocenters. The first kappa shape index (κ1) is 43.8. The molecule has 2 aliphatic carbocycles. The summed E-state index contributed by atoms with van der Waals surface area (Å²) in [6, 6.07) is 25.4. The molecule has 0 radical (unpaired) electrons. The van der Waals surface area contributed by atoms with Gasteiger partial charge in [-0.05, 0) is 142 Å². The Balaban J connectivity index is 0.000000133. The Labute approximate surface area is 386 Å². The molecule has 7 heterocycles. The zero-order valence-corrected chi connectivity index (χ0v) is 39.1. The van der Waals surface area contributed by atoms with Gasteiger partial charge in [0.15, 0.2) is 5.15 Å². The minimum absolute atomic E-state index is 0.121. The fraction of sp³-hybridized carbons (Fsp3) is 0.333. The van der Waals surface area contributed by atoms with Crippen LogP contribution in [0.2, 0.25) is 5.15 Å². The van der Waals surface area contributed by atoms with Crippen LogP contribution in [-0.2, 0) is 9.31 Å². The summed E-state index contributed by atoms with van der Waals surface area (Å²) >= 11 is 8.89. The Morgan fingerprint density at radius 2 is 1.12 bits per heavy atom. The third kappa shape index (κ3) is 10.1. The monoisotopic (exact) mass is 908 g/mol. The fourth-order valence-electron chi connectivity index (χ4n) is 7.41. The molecule has 11 rings (SSSR count). The van der Waals surface area contributed by atoms with Gasteiger partial charge < -0.3 is 19.9 Å². The minimum Gasteiger partial charge on any atom is -0.399 e. The number of aromatic nitrogens is 8. The van der Waals surface area contributed by atoms with Crippen LogP contribution in [0.15, 0.2) is 109 Å². The van der Waals surface area contributed by atoms with E-state index in [2.05, 4.69) is 159 Å². The lowest BCUT2D eigenvalue weighted by molar-refractivity contribution is 0.00578. The Kier molecular flexibility index (Phi) is 12.7. The zero-order chi connectivity index (χ0) is 44.4. The van der Waals surface area contributed by atoms with Crippen molar-refractivity contribution in [2.45, 2.75) is 102 Å². The van der Waals surface area contributed by atoms with Gasteiger partial charge >= 0.3 is 7.12 Å². The largest absolute Gasteiger partial charge is 0.494 e. The van der Waals surface area contributed by atoms with Crippen LogP contribution in [0.25, 0.3) is 31.7 Å². The molecule has 2 aromatic carbocycles. The second kappa shape index (κ2) is 18.6. The van der Waals surface area contributed by atoms with E-state index in [0.29, 0.717) is 17.0 Å². The number of hydrogen-bond acceptors (Lipinski definition) is 14. The van der Waals surface area contributed by atoms with E-state index in [1.54, 1.807) is 41.5 Å². The van der Waals surface area contributed by atoms with Gasteiger partial charge in [-0.1, -0.05) is 60.1 Å². The molecule has 64 heavy (non-hydrogen) atoms. The Morgan fingerprint density at radius 1 is 0.641 bits per heavy atom. The van der Waals surface area contributed by atoms with Crippen molar-refractivity contribution in [3.05, 3.63) is 136 Å². The van der Waals surface area contributed by atoms with Gasteiger partial charge in [-0.3, -0.25) is 0 Å². The smallest absolute Gasteiger partial charge is 0.399 e. The van der Waals surface area contributed by atoms with Crippen LogP contribution in [0.5, 0.6) is 0 Å². The number of nitrogens with zero attached hydrogens (tertiary/aromatic N) is 8. The normalized spacial score (nSPS) is 17.2. The number of nitrogens with one attached hydrogen (secondary N) is 2. The molecule has 1 saturated heterocycles. The molecule has 3 aliphatic rings. The molecule has 0 amide bonds. The quantitative estimate of drug-likeness (QED) is 0.126. The van der Waals surface area contributed by atoms with Gasteiger partial charge in [-0.15, -0.1) is 27.8 Å². The number of thiophene rings is 2. The summed E-state index contributed by atoms with van der Waals surface area (Å²) in [6.45, 7) is 12.5. The maximum Gasteiger partial charge on any atom is 0.494 e. The van der Waals surface area contributed by atoms with Gasteiger partial charge in [0.25, 0.3) is 0 Å². The molecule has 8 aromatic rings. The Morgan fingerprint density at radius 3 is 1.62 bits per heavy atom. The van der Waals surface area contributed by atoms with Crippen LogP contribution in [0.3, 0.4) is 0 Å². The van der Waals surface area contributed by atoms with E-state index >= 15 is 0 Å². The molecular formula is C48H50BClN10O2S2. The summed E-state index contributed by atoms with van der Waals surface area (Å²) in [5, 5.41) is 29.6. The van der Waals surface area contributed by atoms with Gasteiger partial charge in [-0.25, -0.2) is 19.9 Å². The highest BCUT2D eigenvalue weighted by Gasteiger charge is 2.51. The van der Waals surface area contributed by atoms with Crippen LogP contribution in [0.4, 0.5) is 11.6 Å². The second-order valence-electron chi connectivity index (χ2n) is 17.6. The van der Waals surface area contributed by atoms with Gasteiger partial charge in [0, 0.05) is 17.6 Å². The maximum atomic E-state index is 6.13.